The quantitative estimate of drug-likeness (QED) is 0.823. The van der Waals surface area contributed by atoms with E-state index in [0.29, 0.717) is 11.3 Å². The predicted octanol–water partition coefficient (Wildman–Crippen LogP) is 3.12. The molecule has 0 aliphatic heterocycles. The molecule has 0 saturated heterocycles. The van der Waals surface area contributed by atoms with Crippen LogP contribution in [0.3, 0.4) is 0 Å². The number of aromatic nitrogens is 2. The minimum absolute atomic E-state index is 0.130. The molecule has 17 heavy (non-hydrogen) atoms. The second kappa shape index (κ2) is 4.81. The Morgan fingerprint density at radius 3 is 2.71 bits per heavy atom. The van der Waals surface area contributed by atoms with Gasteiger partial charge in [-0.1, -0.05) is 20.8 Å². The number of nitrogens with zero attached hydrogens (tertiary/aromatic N) is 2. The molecule has 0 aromatic carbocycles. The second-order valence-corrected chi connectivity index (χ2v) is 6.04. The fourth-order valence-electron chi connectivity index (χ4n) is 2.56. The highest BCUT2D eigenvalue weighted by Crippen LogP contribution is 2.50. The van der Waals surface area contributed by atoms with E-state index in [4.69, 9.17) is 5.73 Å². The van der Waals surface area contributed by atoms with Gasteiger partial charge in [0.1, 0.15) is 0 Å². The Kier molecular flexibility index (Phi) is 3.57. The first-order valence-electron chi connectivity index (χ1n) is 6.82. The first-order valence-corrected chi connectivity index (χ1v) is 6.82. The zero-order chi connectivity index (χ0) is 12.5. The van der Waals surface area contributed by atoms with Gasteiger partial charge in [-0.2, -0.15) is 0 Å². The molecule has 1 heterocycles. The van der Waals surface area contributed by atoms with Crippen LogP contribution in [0.15, 0.2) is 12.5 Å². The lowest BCUT2D eigenvalue weighted by molar-refractivity contribution is 0.389. The van der Waals surface area contributed by atoms with Gasteiger partial charge in [0, 0.05) is 18.8 Å². The van der Waals surface area contributed by atoms with Crippen LogP contribution < -0.4 is 5.73 Å². The van der Waals surface area contributed by atoms with Crippen molar-refractivity contribution < 1.29 is 0 Å². The Hall–Kier alpha value is -0.830. The molecular weight excluding hydrogens is 210 g/mol. The van der Waals surface area contributed by atoms with Crippen molar-refractivity contribution in [3.8, 4) is 0 Å². The standard InChI is InChI=1S/C14H25N3/c1-4-14(5-6-14)9-17-10-16-8-13(17)12(15)7-11(2)3/h8,10-12H,4-7,9,15H2,1-3H3. The van der Waals surface area contributed by atoms with Crippen molar-refractivity contribution in [2.45, 2.75) is 59.0 Å². The minimum Gasteiger partial charge on any atom is -0.333 e. The molecule has 2 N–H and O–H groups in total. The summed E-state index contributed by atoms with van der Waals surface area (Å²) < 4.78 is 2.28. The zero-order valence-corrected chi connectivity index (χ0v) is 11.3. The first kappa shape index (κ1) is 12.6. The smallest absolute Gasteiger partial charge is 0.0948 e. The van der Waals surface area contributed by atoms with Crippen molar-refractivity contribution >= 4 is 0 Å². The van der Waals surface area contributed by atoms with Gasteiger partial charge in [-0.3, -0.25) is 0 Å². The van der Waals surface area contributed by atoms with Crippen molar-refractivity contribution in [2.75, 3.05) is 0 Å². The number of imidazole rings is 1. The van der Waals surface area contributed by atoms with Crippen LogP contribution >= 0.6 is 0 Å². The van der Waals surface area contributed by atoms with Crippen LogP contribution in [0.5, 0.6) is 0 Å². The molecule has 1 aromatic heterocycles. The Labute approximate surface area is 104 Å². The summed E-state index contributed by atoms with van der Waals surface area (Å²) >= 11 is 0. The highest BCUT2D eigenvalue weighted by atomic mass is 15.1. The van der Waals surface area contributed by atoms with Crippen LogP contribution in [0.4, 0.5) is 0 Å². The normalized spacial score (nSPS) is 19.6. The Morgan fingerprint density at radius 2 is 2.18 bits per heavy atom. The molecule has 0 amide bonds. The molecule has 3 nitrogen and oxygen atoms in total. The molecule has 1 aromatic rings. The first-order chi connectivity index (χ1) is 8.06. The lowest BCUT2D eigenvalue weighted by Gasteiger charge is -2.20. The lowest BCUT2D eigenvalue weighted by atomic mass is 10.0. The molecule has 1 aliphatic carbocycles. The third-order valence-corrected chi connectivity index (χ3v) is 4.06. The maximum absolute atomic E-state index is 6.26. The Bertz CT molecular complexity index is 363. The molecule has 0 bridgehead atoms. The van der Waals surface area contributed by atoms with Gasteiger partial charge in [-0.15, -0.1) is 0 Å². The third kappa shape index (κ3) is 2.89. The van der Waals surface area contributed by atoms with E-state index in [2.05, 4.69) is 30.3 Å². The van der Waals surface area contributed by atoms with Gasteiger partial charge in [0.05, 0.1) is 12.0 Å². The summed E-state index contributed by atoms with van der Waals surface area (Å²) in [6.45, 7) is 7.83. The second-order valence-electron chi connectivity index (χ2n) is 6.04. The van der Waals surface area contributed by atoms with Crippen molar-refractivity contribution in [1.82, 2.24) is 9.55 Å². The average Bonchev–Trinajstić information content (AvgIpc) is 2.87. The summed E-state index contributed by atoms with van der Waals surface area (Å²) in [5, 5.41) is 0. The van der Waals surface area contributed by atoms with E-state index in [1.165, 1.54) is 25.0 Å². The van der Waals surface area contributed by atoms with E-state index >= 15 is 0 Å². The number of nitrogens with two attached hydrogens (primary N) is 1. The molecule has 1 fully saturated rings. The molecule has 0 spiro atoms. The molecule has 96 valence electrons. The van der Waals surface area contributed by atoms with E-state index in [9.17, 15) is 0 Å². The summed E-state index contributed by atoms with van der Waals surface area (Å²) in [6, 6.07) is 0.130. The van der Waals surface area contributed by atoms with Gasteiger partial charge in [0.15, 0.2) is 0 Å². The summed E-state index contributed by atoms with van der Waals surface area (Å²) in [5.74, 6) is 0.634. The van der Waals surface area contributed by atoms with Crippen LogP contribution in [0.2, 0.25) is 0 Å². The summed E-state index contributed by atoms with van der Waals surface area (Å²) in [7, 11) is 0. The Morgan fingerprint density at radius 1 is 1.47 bits per heavy atom. The molecule has 1 saturated carbocycles. The largest absolute Gasteiger partial charge is 0.333 e. The van der Waals surface area contributed by atoms with Crippen molar-refractivity contribution in [3.05, 3.63) is 18.2 Å². The molecule has 1 aliphatic rings. The van der Waals surface area contributed by atoms with Crippen LogP contribution in [0.1, 0.15) is 58.2 Å². The van der Waals surface area contributed by atoms with Gasteiger partial charge < -0.3 is 10.3 Å². The summed E-state index contributed by atoms with van der Waals surface area (Å²) in [4.78, 5) is 4.28. The highest BCUT2D eigenvalue weighted by molar-refractivity contribution is 5.07. The molecule has 1 atom stereocenters. The highest BCUT2D eigenvalue weighted by Gasteiger charge is 2.41. The fraction of sp³-hybridized carbons (Fsp3) is 0.786. The predicted molar refractivity (Wildman–Crippen MR) is 70.6 cm³/mol. The van der Waals surface area contributed by atoms with Crippen LogP contribution in [-0.2, 0) is 6.54 Å². The molecular formula is C14H25N3. The maximum Gasteiger partial charge on any atom is 0.0948 e. The van der Waals surface area contributed by atoms with E-state index in [1.807, 2.05) is 12.5 Å². The SMILES string of the molecule is CCC1(Cn2cncc2C(N)CC(C)C)CC1. The number of rotatable bonds is 6. The Balaban J connectivity index is 2.06. The minimum atomic E-state index is 0.130. The molecule has 0 radical (unpaired) electrons. The molecule has 2 rings (SSSR count). The van der Waals surface area contributed by atoms with Gasteiger partial charge in [-0.05, 0) is 37.0 Å². The van der Waals surface area contributed by atoms with Crippen LogP contribution in [-0.4, -0.2) is 9.55 Å². The van der Waals surface area contributed by atoms with Crippen molar-refractivity contribution in [3.63, 3.8) is 0 Å². The van der Waals surface area contributed by atoms with E-state index in [0.717, 1.165) is 13.0 Å². The van der Waals surface area contributed by atoms with Crippen LogP contribution in [0.25, 0.3) is 0 Å². The van der Waals surface area contributed by atoms with Crippen LogP contribution in [0, 0.1) is 11.3 Å². The lowest BCUT2D eigenvalue weighted by Crippen LogP contribution is -2.20. The fourth-order valence-corrected chi connectivity index (χ4v) is 2.56. The van der Waals surface area contributed by atoms with Gasteiger partial charge in [0.2, 0.25) is 0 Å². The van der Waals surface area contributed by atoms with Crippen molar-refractivity contribution in [2.24, 2.45) is 17.1 Å². The van der Waals surface area contributed by atoms with E-state index in [1.54, 1.807) is 0 Å². The summed E-state index contributed by atoms with van der Waals surface area (Å²) in [6.07, 6.45) is 8.92. The maximum atomic E-state index is 6.26. The van der Waals surface area contributed by atoms with Gasteiger partial charge >= 0.3 is 0 Å². The topological polar surface area (TPSA) is 43.8 Å². The molecule has 1 unspecified atom stereocenters. The monoisotopic (exact) mass is 235 g/mol. The van der Waals surface area contributed by atoms with E-state index in [-0.39, 0.29) is 6.04 Å². The number of hydrogen-bond acceptors (Lipinski definition) is 2. The van der Waals surface area contributed by atoms with Crippen molar-refractivity contribution in [1.29, 1.82) is 0 Å². The molecule has 3 heteroatoms. The van der Waals surface area contributed by atoms with Gasteiger partial charge in [0.25, 0.3) is 0 Å². The van der Waals surface area contributed by atoms with E-state index < -0.39 is 0 Å². The third-order valence-electron chi connectivity index (χ3n) is 4.06. The number of hydrogen-bond donors (Lipinski definition) is 1. The average molecular weight is 235 g/mol. The zero-order valence-electron chi connectivity index (χ0n) is 11.3. The van der Waals surface area contributed by atoms with Gasteiger partial charge in [-0.25, -0.2) is 4.98 Å². The summed E-state index contributed by atoms with van der Waals surface area (Å²) in [5.41, 5.74) is 8.02.